The van der Waals surface area contributed by atoms with E-state index >= 15 is 0 Å². The van der Waals surface area contributed by atoms with E-state index in [0.717, 1.165) is 44.1 Å². The molecular formula is C25H39NO5S. The van der Waals surface area contributed by atoms with E-state index in [1.165, 1.54) is 11.6 Å². The fraction of sp³-hybridized carbons (Fsp3) is 0.600. The van der Waals surface area contributed by atoms with E-state index in [2.05, 4.69) is 31.6 Å². The van der Waals surface area contributed by atoms with Crippen molar-refractivity contribution in [1.29, 1.82) is 0 Å². The van der Waals surface area contributed by atoms with Gasteiger partial charge in [0, 0.05) is 18.7 Å². The number of nitrogens with one attached hydrogen (secondary N) is 1. The third kappa shape index (κ3) is 7.64. The zero-order chi connectivity index (χ0) is 23.7. The lowest BCUT2D eigenvalue weighted by Gasteiger charge is -2.26. The van der Waals surface area contributed by atoms with Gasteiger partial charge in [-0.05, 0) is 70.9 Å². The van der Waals surface area contributed by atoms with Gasteiger partial charge in [-0.25, -0.2) is 13.1 Å². The van der Waals surface area contributed by atoms with E-state index in [4.69, 9.17) is 4.74 Å². The number of ether oxygens (including phenoxy) is 1. The summed E-state index contributed by atoms with van der Waals surface area (Å²) in [5.41, 5.74) is 3.08. The van der Waals surface area contributed by atoms with Crippen molar-refractivity contribution >= 4 is 10.0 Å². The van der Waals surface area contributed by atoms with Crippen LogP contribution in [0.15, 0.2) is 34.3 Å². The van der Waals surface area contributed by atoms with Crippen molar-refractivity contribution in [2.75, 3.05) is 13.2 Å². The predicted molar refractivity (Wildman–Crippen MR) is 129 cm³/mol. The minimum Gasteiger partial charge on any atom is -0.508 e. The number of unbranched alkanes of at least 4 members (excludes halogenated alkanes) is 2. The molecule has 1 atom stereocenters. The van der Waals surface area contributed by atoms with Crippen molar-refractivity contribution in [2.45, 2.75) is 90.1 Å². The molecular weight excluding hydrogens is 426 g/mol. The van der Waals surface area contributed by atoms with E-state index in [9.17, 15) is 18.6 Å². The minimum absolute atomic E-state index is 0.0661. The summed E-state index contributed by atoms with van der Waals surface area (Å²) in [5.74, 6) is -0.421. The summed E-state index contributed by atoms with van der Waals surface area (Å²) in [6, 6.07) is 1.51. The summed E-state index contributed by atoms with van der Waals surface area (Å²) in [5, 5.41) is 21.6. The molecule has 0 radical (unpaired) electrons. The van der Waals surface area contributed by atoms with Gasteiger partial charge < -0.3 is 14.9 Å². The maximum Gasteiger partial charge on any atom is 0.244 e. The van der Waals surface area contributed by atoms with Crippen molar-refractivity contribution in [3.05, 3.63) is 40.5 Å². The number of aromatic hydroxyl groups is 2. The van der Waals surface area contributed by atoms with E-state index in [0.29, 0.717) is 18.6 Å². The summed E-state index contributed by atoms with van der Waals surface area (Å²) in [7, 11) is -3.95. The number of rotatable bonds is 13. The van der Waals surface area contributed by atoms with E-state index in [-0.39, 0.29) is 41.0 Å². The molecule has 1 aliphatic heterocycles. The molecule has 0 amide bonds. The molecule has 0 aliphatic carbocycles. The van der Waals surface area contributed by atoms with Gasteiger partial charge in [-0.15, -0.1) is 0 Å². The highest BCUT2D eigenvalue weighted by Gasteiger charge is 2.29. The number of hydrogen-bond donors (Lipinski definition) is 3. The van der Waals surface area contributed by atoms with E-state index < -0.39 is 10.0 Å². The van der Waals surface area contributed by atoms with Gasteiger partial charge in [0.05, 0.1) is 6.10 Å². The smallest absolute Gasteiger partial charge is 0.244 e. The van der Waals surface area contributed by atoms with Gasteiger partial charge in [0.15, 0.2) is 0 Å². The lowest BCUT2D eigenvalue weighted by molar-refractivity contribution is -0.0455. The molecule has 0 spiro atoms. The van der Waals surface area contributed by atoms with Crippen LogP contribution in [0.4, 0.5) is 0 Å². The Hall–Kier alpha value is -1.83. The first-order chi connectivity index (χ1) is 15.2. The van der Waals surface area contributed by atoms with Gasteiger partial charge in [-0.3, -0.25) is 0 Å². The molecule has 1 aliphatic rings. The summed E-state index contributed by atoms with van der Waals surface area (Å²) >= 11 is 0. The zero-order valence-electron chi connectivity index (χ0n) is 19.9. The quantitative estimate of drug-likeness (QED) is 0.277. The maximum atomic E-state index is 13.1. The number of aryl methyl sites for hydroxylation is 1. The van der Waals surface area contributed by atoms with Crippen LogP contribution in [0.1, 0.15) is 77.3 Å². The highest BCUT2D eigenvalue weighted by molar-refractivity contribution is 7.89. The van der Waals surface area contributed by atoms with Crippen LogP contribution in [-0.4, -0.2) is 37.9 Å². The number of hydrogen-bond acceptors (Lipinski definition) is 5. The van der Waals surface area contributed by atoms with Crippen LogP contribution in [-0.2, 0) is 27.6 Å². The first-order valence-electron chi connectivity index (χ1n) is 11.6. The maximum absolute atomic E-state index is 13.1. The van der Waals surface area contributed by atoms with Gasteiger partial charge in [0.1, 0.15) is 16.4 Å². The molecule has 0 bridgehead atoms. The minimum atomic E-state index is -3.95. The van der Waals surface area contributed by atoms with Crippen LogP contribution in [0.5, 0.6) is 11.5 Å². The largest absolute Gasteiger partial charge is 0.508 e. The summed E-state index contributed by atoms with van der Waals surface area (Å²) in [6.45, 7) is 9.01. The molecule has 1 aromatic rings. The second-order valence-electron chi connectivity index (χ2n) is 8.88. The number of benzene rings is 1. The van der Waals surface area contributed by atoms with E-state index in [1.807, 2.05) is 13.0 Å². The molecule has 2 rings (SSSR count). The Bertz CT molecular complexity index is 926. The normalized spacial score (nSPS) is 16.6. The van der Waals surface area contributed by atoms with Crippen LogP contribution >= 0.6 is 0 Å². The van der Waals surface area contributed by atoms with Crippen molar-refractivity contribution in [2.24, 2.45) is 0 Å². The monoisotopic (exact) mass is 465 g/mol. The number of phenols is 2. The number of phenolic OH excluding ortho intramolecular Hbond substituents is 2. The SMILES string of the molecule is CCCCCc1cc(O)c(CC=C(C)CCC=C(C)C)c(O)c1S(=O)(=O)NCC1CCO1. The molecule has 1 fully saturated rings. The molecule has 3 N–H and O–H groups in total. The Morgan fingerprint density at radius 3 is 2.53 bits per heavy atom. The van der Waals surface area contributed by atoms with Crippen LogP contribution < -0.4 is 4.72 Å². The van der Waals surface area contributed by atoms with Gasteiger partial charge in [-0.2, -0.15) is 0 Å². The van der Waals surface area contributed by atoms with Crippen molar-refractivity contribution in [3.8, 4) is 11.5 Å². The van der Waals surface area contributed by atoms with Gasteiger partial charge in [-0.1, -0.05) is 43.1 Å². The lowest BCUT2D eigenvalue weighted by atomic mass is 10.00. The molecule has 1 heterocycles. The standard InChI is InChI=1S/C25H39NO5S/c1-5-6-7-11-20-16-23(27)22(13-12-19(4)10-8-9-18(2)3)24(28)25(20)32(29,30)26-17-21-14-15-31-21/h9,12,16,21,26-28H,5-8,10-11,13-15,17H2,1-4H3. The molecule has 1 aromatic carbocycles. The Balaban J connectivity index is 2.32. The highest BCUT2D eigenvalue weighted by atomic mass is 32.2. The Morgan fingerprint density at radius 2 is 1.94 bits per heavy atom. The topological polar surface area (TPSA) is 95.9 Å². The van der Waals surface area contributed by atoms with Gasteiger partial charge in [0.2, 0.25) is 10.0 Å². The van der Waals surface area contributed by atoms with Gasteiger partial charge >= 0.3 is 0 Å². The summed E-state index contributed by atoms with van der Waals surface area (Å²) in [6.07, 6.45) is 10.1. The Labute approximate surface area is 193 Å². The fourth-order valence-electron chi connectivity index (χ4n) is 3.67. The Kier molecular flexibility index (Phi) is 10.3. The molecule has 1 unspecified atom stereocenters. The first kappa shape index (κ1) is 26.4. The molecule has 32 heavy (non-hydrogen) atoms. The van der Waals surface area contributed by atoms with Crippen molar-refractivity contribution in [1.82, 2.24) is 4.72 Å². The van der Waals surface area contributed by atoms with Crippen molar-refractivity contribution in [3.63, 3.8) is 0 Å². The predicted octanol–water partition coefficient (Wildman–Crippen LogP) is 5.13. The van der Waals surface area contributed by atoms with Crippen LogP contribution in [0.25, 0.3) is 0 Å². The molecule has 0 saturated carbocycles. The van der Waals surface area contributed by atoms with Crippen LogP contribution in [0.3, 0.4) is 0 Å². The first-order valence-corrected chi connectivity index (χ1v) is 13.1. The van der Waals surface area contributed by atoms with Crippen LogP contribution in [0, 0.1) is 0 Å². The zero-order valence-corrected chi connectivity index (χ0v) is 20.7. The number of sulfonamides is 1. The molecule has 180 valence electrons. The lowest BCUT2D eigenvalue weighted by Crippen LogP contribution is -2.39. The fourth-order valence-corrected chi connectivity index (χ4v) is 5.10. The number of allylic oxidation sites excluding steroid dienone is 4. The average Bonchev–Trinajstić information content (AvgIpc) is 2.65. The molecule has 0 aromatic heterocycles. The summed E-state index contributed by atoms with van der Waals surface area (Å²) in [4.78, 5) is -0.115. The molecule has 7 heteroatoms. The van der Waals surface area contributed by atoms with Gasteiger partial charge in [0.25, 0.3) is 0 Å². The van der Waals surface area contributed by atoms with E-state index in [1.54, 1.807) is 0 Å². The van der Waals surface area contributed by atoms with Crippen molar-refractivity contribution < 1.29 is 23.4 Å². The molecule has 6 nitrogen and oxygen atoms in total. The van der Waals surface area contributed by atoms with Crippen LogP contribution in [0.2, 0.25) is 0 Å². The third-order valence-electron chi connectivity index (χ3n) is 5.77. The average molecular weight is 466 g/mol. The second kappa shape index (κ2) is 12.4. The Morgan fingerprint density at radius 1 is 1.22 bits per heavy atom. The second-order valence-corrected chi connectivity index (χ2v) is 10.6. The molecule has 1 saturated heterocycles. The summed E-state index contributed by atoms with van der Waals surface area (Å²) < 4.78 is 34.2. The highest BCUT2D eigenvalue weighted by Crippen LogP contribution is 2.38. The third-order valence-corrected chi connectivity index (χ3v) is 7.31.